The van der Waals surface area contributed by atoms with Crippen molar-refractivity contribution in [2.24, 2.45) is 4.99 Å². The highest BCUT2D eigenvalue weighted by molar-refractivity contribution is 6.20. The van der Waals surface area contributed by atoms with Gasteiger partial charge in [0.1, 0.15) is 18.1 Å². The van der Waals surface area contributed by atoms with E-state index in [-0.39, 0.29) is 17.3 Å². The number of nitrogens with zero attached hydrogens (tertiary/aromatic N) is 2. The van der Waals surface area contributed by atoms with Gasteiger partial charge in [-0.25, -0.2) is 4.99 Å². The number of carboxylic acids is 1. The highest BCUT2D eigenvalue weighted by Crippen LogP contribution is 2.30. The number of hydrogen-bond donors (Lipinski definition) is 1. The minimum absolute atomic E-state index is 0.0902. The van der Waals surface area contributed by atoms with Gasteiger partial charge in [0.15, 0.2) is 11.5 Å². The number of aliphatic imine (C=N–C) groups is 1. The summed E-state index contributed by atoms with van der Waals surface area (Å²) < 4.78 is 10.3. The van der Waals surface area contributed by atoms with E-state index in [0.717, 1.165) is 4.90 Å². The molecule has 8 heteroatoms. The SMILES string of the molecule is COc1cc(/C=C2\N=C(c3ccccc3)N(CC(=O)O)C2=O)ccc1OC(C)=O. The van der Waals surface area contributed by atoms with Gasteiger partial charge in [-0.05, 0) is 23.8 Å². The number of amidine groups is 1. The van der Waals surface area contributed by atoms with Gasteiger partial charge in [0.25, 0.3) is 5.91 Å². The summed E-state index contributed by atoms with van der Waals surface area (Å²) in [5.41, 5.74) is 1.30. The summed E-state index contributed by atoms with van der Waals surface area (Å²) >= 11 is 0. The van der Waals surface area contributed by atoms with Crippen molar-refractivity contribution in [1.82, 2.24) is 4.90 Å². The lowest BCUT2D eigenvalue weighted by Crippen LogP contribution is -2.37. The first-order valence-electron chi connectivity index (χ1n) is 8.65. The topological polar surface area (TPSA) is 106 Å². The third kappa shape index (κ3) is 4.49. The lowest BCUT2D eigenvalue weighted by Gasteiger charge is -2.15. The van der Waals surface area contributed by atoms with Crippen LogP contribution in [0.2, 0.25) is 0 Å². The molecule has 1 aliphatic heterocycles. The minimum atomic E-state index is -1.14. The largest absolute Gasteiger partial charge is 0.493 e. The summed E-state index contributed by atoms with van der Waals surface area (Å²) in [6, 6.07) is 13.7. The Morgan fingerprint density at radius 2 is 1.86 bits per heavy atom. The van der Waals surface area contributed by atoms with E-state index in [9.17, 15) is 19.5 Å². The van der Waals surface area contributed by atoms with Gasteiger partial charge in [-0.3, -0.25) is 19.3 Å². The van der Waals surface area contributed by atoms with Crippen molar-refractivity contribution in [2.75, 3.05) is 13.7 Å². The summed E-state index contributed by atoms with van der Waals surface area (Å²) in [5.74, 6) is -1.31. The molecule has 0 atom stereocenters. The summed E-state index contributed by atoms with van der Waals surface area (Å²) in [4.78, 5) is 40.7. The highest BCUT2D eigenvalue weighted by atomic mass is 16.6. The molecule has 0 saturated heterocycles. The quantitative estimate of drug-likeness (QED) is 0.458. The highest BCUT2D eigenvalue weighted by Gasteiger charge is 2.32. The first-order chi connectivity index (χ1) is 13.9. The number of hydrogen-bond acceptors (Lipinski definition) is 6. The monoisotopic (exact) mass is 394 g/mol. The van der Waals surface area contributed by atoms with E-state index in [1.165, 1.54) is 20.1 Å². The molecule has 0 aromatic heterocycles. The Kier molecular flexibility index (Phi) is 5.73. The molecule has 1 heterocycles. The van der Waals surface area contributed by atoms with Crippen LogP contribution in [0.4, 0.5) is 0 Å². The summed E-state index contributed by atoms with van der Waals surface area (Å²) in [7, 11) is 1.43. The Hall–Kier alpha value is -3.94. The first kappa shape index (κ1) is 19.8. The van der Waals surface area contributed by atoms with E-state index >= 15 is 0 Å². The number of benzene rings is 2. The molecule has 1 amide bonds. The number of methoxy groups -OCH3 is 1. The van der Waals surface area contributed by atoms with Gasteiger partial charge in [-0.2, -0.15) is 0 Å². The number of amides is 1. The normalized spacial score (nSPS) is 14.7. The predicted molar refractivity (Wildman–Crippen MR) is 105 cm³/mol. The zero-order valence-electron chi connectivity index (χ0n) is 15.8. The first-order valence-corrected chi connectivity index (χ1v) is 8.65. The van der Waals surface area contributed by atoms with E-state index in [1.54, 1.807) is 42.5 Å². The van der Waals surface area contributed by atoms with Crippen LogP contribution in [-0.2, 0) is 14.4 Å². The smallest absolute Gasteiger partial charge is 0.323 e. The lowest BCUT2D eigenvalue weighted by atomic mass is 10.1. The zero-order valence-corrected chi connectivity index (χ0v) is 15.8. The van der Waals surface area contributed by atoms with Gasteiger partial charge >= 0.3 is 11.9 Å². The van der Waals surface area contributed by atoms with Gasteiger partial charge < -0.3 is 14.6 Å². The van der Waals surface area contributed by atoms with Crippen LogP contribution in [-0.4, -0.2) is 47.3 Å². The number of ether oxygens (including phenoxy) is 2. The van der Waals surface area contributed by atoms with Gasteiger partial charge in [0, 0.05) is 12.5 Å². The second-order valence-electron chi connectivity index (χ2n) is 6.12. The van der Waals surface area contributed by atoms with Crippen molar-refractivity contribution < 1.29 is 29.0 Å². The average Bonchev–Trinajstić information content (AvgIpc) is 2.98. The number of aliphatic carboxylic acids is 1. The summed E-state index contributed by atoms with van der Waals surface area (Å²) in [6.07, 6.45) is 1.52. The van der Waals surface area contributed by atoms with Crippen LogP contribution in [0.3, 0.4) is 0 Å². The molecule has 148 valence electrons. The van der Waals surface area contributed by atoms with Crippen LogP contribution in [0.5, 0.6) is 11.5 Å². The standard InChI is InChI=1S/C21H18N2O6/c1-13(24)29-17-9-8-14(11-18(17)28-2)10-16-21(27)23(12-19(25)26)20(22-16)15-6-4-3-5-7-15/h3-11H,12H2,1-2H3,(H,25,26)/b16-10-. The maximum atomic E-state index is 12.8. The van der Waals surface area contributed by atoms with Gasteiger partial charge in [0.05, 0.1) is 7.11 Å². The number of carbonyl (C=O) groups excluding carboxylic acids is 2. The van der Waals surface area contributed by atoms with Crippen LogP contribution in [0, 0.1) is 0 Å². The van der Waals surface area contributed by atoms with Gasteiger partial charge in [-0.15, -0.1) is 0 Å². The van der Waals surface area contributed by atoms with Crippen LogP contribution in [0.1, 0.15) is 18.1 Å². The fourth-order valence-electron chi connectivity index (χ4n) is 2.81. The fraction of sp³-hybridized carbons (Fsp3) is 0.143. The molecule has 0 unspecified atom stereocenters. The molecule has 0 fully saturated rings. The second-order valence-corrected chi connectivity index (χ2v) is 6.12. The fourth-order valence-corrected chi connectivity index (χ4v) is 2.81. The molecule has 0 aliphatic carbocycles. The number of carbonyl (C=O) groups is 3. The lowest BCUT2D eigenvalue weighted by molar-refractivity contribution is -0.140. The molecule has 0 bridgehead atoms. The molecule has 8 nitrogen and oxygen atoms in total. The Morgan fingerprint density at radius 3 is 2.48 bits per heavy atom. The molecule has 0 saturated carbocycles. The average molecular weight is 394 g/mol. The molecule has 0 spiro atoms. The Morgan fingerprint density at radius 1 is 1.14 bits per heavy atom. The van der Waals surface area contributed by atoms with E-state index in [4.69, 9.17) is 9.47 Å². The van der Waals surface area contributed by atoms with E-state index in [0.29, 0.717) is 16.9 Å². The molecule has 2 aromatic carbocycles. The zero-order chi connectivity index (χ0) is 21.0. The van der Waals surface area contributed by atoms with E-state index in [2.05, 4.69) is 4.99 Å². The van der Waals surface area contributed by atoms with E-state index < -0.39 is 24.4 Å². The minimum Gasteiger partial charge on any atom is -0.493 e. The summed E-state index contributed by atoms with van der Waals surface area (Å²) in [5, 5.41) is 9.18. The van der Waals surface area contributed by atoms with Crippen molar-refractivity contribution >= 4 is 29.8 Å². The second kappa shape index (κ2) is 8.39. The summed E-state index contributed by atoms with van der Waals surface area (Å²) in [6.45, 7) is 0.780. The molecule has 2 aromatic rings. The number of esters is 1. The molecular formula is C21H18N2O6. The third-order valence-corrected chi connectivity index (χ3v) is 4.02. The van der Waals surface area contributed by atoms with Crippen molar-refractivity contribution in [2.45, 2.75) is 6.92 Å². The molecule has 29 heavy (non-hydrogen) atoms. The molecule has 1 N–H and O–H groups in total. The van der Waals surface area contributed by atoms with Crippen molar-refractivity contribution in [1.29, 1.82) is 0 Å². The Balaban J connectivity index is 2.00. The molecule has 1 aliphatic rings. The Bertz CT molecular complexity index is 1030. The molecule has 0 radical (unpaired) electrons. The maximum Gasteiger partial charge on any atom is 0.323 e. The number of rotatable bonds is 6. The van der Waals surface area contributed by atoms with E-state index in [1.807, 2.05) is 6.07 Å². The van der Waals surface area contributed by atoms with Crippen LogP contribution >= 0.6 is 0 Å². The van der Waals surface area contributed by atoms with Crippen molar-refractivity contribution in [3.8, 4) is 11.5 Å². The predicted octanol–water partition coefficient (Wildman–Crippen LogP) is 2.33. The number of carboxylic acid groups (broad SMARTS) is 1. The maximum absolute atomic E-state index is 12.8. The van der Waals surface area contributed by atoms with Crippen LogP contribution in [0.25, 0.3) is 6.08 Å². The van der Waals surface area contributed by atoms with Crippen molar-refractivity contribution in [3.05, 3.63) is 65.4 Å². The van der Waals surface area contributed by atoms with Gasteiger partial charge in [0.2, 0.25) is 0 Å². The third-order valence-electron chi connectivity index (χ3n) is 4.02. The van der Waals surface area contributed by atoms with Crippen LogP contribution in [0.15, 0.2) is 59.2 Å². The Labute approximate surface area is 166 Å². The molecular weight excluding hydrogens is 376 g/mol. The van der Waals surface area contributed by atoms with Gasteiger partial charge in [-0.1, -0.05) is 36.4 Å². The molecule has 3 rings (SSSR count). The van der Waals surface area contributed by atoms with Crippen LogP contribution < -0.4 is 9.47 Å². The van der Waals surface area contributed by atoms with Crippen molar-refractivity contribution in [3.63, 3.8) is 0 Å².